The average Bonchev–Trinajstić information content (AvgIpc) is 2.97. The molecule has 3 atom stereocenters. The molecule has 1 fully saturated rings. The maximum absolute atomic E-state index is 5.97. The lowest BCUT2D eigenvalue weighted by molar-refractivity contribution is 0.122. The Hall–Kier alpha value is -1.06. The molecule has 21 heavy (non-hydrogen) atoms. The lowest BCUT2D eigenvalue weighted by Crippen LogP contribution is -2.46. The van der Waals surface area contributed by atoms with Crippen molar-refractivity contribution in [2.24, 2.45) is 11.7 Å². The summed E-state index contributed by atoms with van der Waals surface area (Å²) in [4.78, 5) is 2.65. The van der Waals surface area contributed by atoms with E-state index >= 15 is 0 Å². The zero-order chi connectivity index (χ0) is 15.2. The Morgan fingerprint density at radius 1 is 1.33 bits per heavy atom. The first-order valence-electron chi connectivity index (χ1n) is 8.28. The summed E-state index contributed by atoms with van der Waals surface area (Å²) in [6.07, 6.45) is 4.95. The Kier molecular flexibility index (Phi) is 6.07. The molecule has 1 aliphatic rings. The lowest BCUT2D eigenvalue weighted by atomic mass is 9.98. The highest BCUT2D eigenvalue weighted by Crippen LogP contribution is 2.31. The third-order valence-electron chi connectivity index (χ3n) is 4.99. The number of benzene rings is 1. The number of hydrogen-bond donors (Lipinski definition) is 1. The van der Waals surface area contributed by atoms with Crippen molar-refractivity contribution in [1.29, 1.82) is 0 Å². The van der Waals surface area contributed by atoms with Crippen LogP contribution in [0.5, 0.6) is 5.75 Å². The van der Waals surface area contributed by atoms with Gasteiger partial charge in [0.1, 0.15) is 5.75 Å². The second-order valence-electron chi connectivity index (χ2n) is 6.19. The summed E-state index contributed by atoms with van der Waals surface area (Å²) in [5.74, 6) is 1.67. The molecule has 0 bridgehead atoms. The molecule has 0 saturated heterocycles. The average molecular weight is 290 g/mol. The molecule has 0 aromatic heterocycles. The van der Waals surface area contributed by atoms with E-state index in [1.807, 2.05) is 6.07 Å². The number of hydrogen-bond acceptors (Lipinski definition) is 3. The second kappa shape index (κ2) is 7.81. The number of ether oxygens (including phenoxy) is 1. The molecular weight excluding hydrogens is 260 g/mol. The van der Waals surface area contributed by atoms with Crippen LogP contribution >= 0.6 is 0 Å². The van der Waals surface area contributed by atoms with Crippen molar-refractivity contribution in [1.82, 2.24) is 4.90 Å². The molecule has 3 nitrogen and oxygen atoms in total. The summed E-state index contributed by atoms with van der Waals surface area (Å²) in [5.41, 5.74) is 7.27. The first kappa shape index (κ1) is 16.3. The van der Waals surface area contributed by atoms with Gasteiger partial charge < -0.3 is 10.5 Å². The summed E-state index contributed by atoms with van der Waals surface area (Å²) in [7, 11) is 1.75. The number of methoxy groups -OCH3 is 1. The van der Waals surface area contributed by atoms with Gasteiger partial charge in [-0.05, 0) is 56.8 Å². The predicted octanol–water partition coefficient (Wildman–Crippen LogP) is 3.08. The van der Waals surface area contributed by atoms with E-state index in [-0.39, 0.29) is 0 Å². The largest absolute Gasteiger partial charge is 0.496 e. The van der Waals surface area contributed by atoms with Crippen LogP contribution in [-0.4, -0.2) is 37.2 Å². The van der Waals surface area contributed by atoms with Crippen molar-refractivity contribution in [2.75, 3.05) is 20.2 Å². The fraction of sp³-hybridized carbons (Fsp3) is 0.667. The molecule has 2 N–H and O–H groups in total. The van der Waals surface area contributed by atoms with Crippen molar-refractivity contribution in [3.63, 3.8) is 0 Å². The van der Waals surface area contributed by atoms with E-state index < -0.39 is 0 Å². The third-order valence-corrected chi connectivity index (χ3v) is 4.99. The Labute approximate surface area is 129 Å². The zero-order valence-corrected chi connectivity index (χ0v) is 13.7. The smallest absolute Gasteiger partial charge is 0.122 e. The summed E-state index contributed by atoms with van der Waals surface area (Å²) >= 11 is 0. The lowest BCUT2D eigenvalue weighted by Gasteiger charge is -2.37. The third kappa shape index (κ3) is 3.78. The first-order valence-corrected chi connectivity index (χ1v) is 8.28. The van der Waals surface area contributed by atoms with E-state index in [0.29, 0.717) is 18.0 Å². The quantitative estimate of drug-likeness (QED) is 0.838. The monoisotopic (exact) mass is 290 g/mol. The van der Waals surface area contributed by atoms with Crippen molar-refractivity contribution in [3.05, 3.63) is 29.8 Å². The fourth-order valence-electron chi connectivity index (χ4n) is 3.91. The Balaban J connectivity index is 2.08. The number of rotatable bonds is 7. The van der Waals surface area contributed by atoms with Crippen LogP contribution in [0.2, 0.25) is 0 Å². The molecule has 1 saturated carbocycles. The highest BCUT2D eigenvalue weighted by atomic mass is 16.5. The van der Waals surface area contributed by atoms with Crippen LogP contribution in [0.3, 0.4) is 0 Å². The molecule has 0 spiro atoms. The molecule has 0 aliphatic heterocycles. The maximum atomic E-state index is 5.97. The minimum Gasteiger partial charge on any atom is -0.496 e. The molecule has 1 aromatic rings. The Morgan fingerprint density at radius 2 is 2.10 bits per heavy atom. The highest BCUT2D eigenvalue weighted by molar-refractivity contribution is 5.33. The zero-order valence-electron chi connectivity index (χ0n) is 13.7. The van der Waals surface area contributed by atoms with E-state index in [2.05, 4.69) is 36.9 Å². The first-order chi connectivity index (χ1) is 10.2. The topological polar surface area (TPSA) is 38.5 Å². The molecule has 1 aliphatic carbocycles. The van der Waals surface area contributed by atoms with Crippen molar-refractivity contribution in [2.45, 2.75) is 51.6 Å². The van der Waals surface area contributed by atoms with Gasteiger partial charge in [-0.25, -0.2) is 0 Å². The molecular formula is C18H30N2O. The molecule has 0 heterocycles. The number of nitrogens with two attached hydrogens (primary N) is 1. The van der Waals surface area contributed by atoms with Gasteiger partial charge in [0.2, 0.25) is 0 Å². The van der Waals surface area contributed by atoms with Gasteiger partial charge in [0.25, 0.3) is 0 Å². The van der Waals surface area contributed by atoms with E-state index in [1.165, 1.54) is 24.8 Å². The standard InChI is InChI=1S/C18H30N2O/c1-4-20(17-10-7-9-16(17)13-19)14(2)12-15-8-5-6-11-18(15)21-3/h5-6,8,11,14,16-17H,4,7,9-10,12-13,19H2,1-3H3. The van der Waals surface area contributed by atoms with Crippen LogP contribution in [0.25, 0.3) is 0 Å². The predicted molar refractivity (Wildman–Crippen MR) is 88.7 cm³/mol. The van der Waals surface area contributed by atoms with Crippen LogP contribution < -0.4 is 10.5 Å². The van der Waals surface area contributed by atoms with Gasteiger partial charge in [-0.2, -0.15) is 0 Å². The molecule has 118 valence electrons. The molecule has 2 rings (SSSR count). The van der Waals surface area contributed by atoms with E-state index in [0.717, 1.165) is 25.3 Å². The van der Waals surface area contributed by atoms with Gasteiger partial charge in [0.15, 0.2) is 0 Å². The van der Waals surface area contributed by atoms with Crippen LogP contribution in [0.4, 0.5) is 0 Å². The van der Waals surface area contributed by atoms with Crippen molar-refractivity contribution in [3.8, 4) is 5.75 Å². The number of likely N-dealkylation sites (N-methyl/N-ethyl adjacent to an activating group) is 1. The van der Waals surface area contributed by atoms with Crippen LogP contribution in [0, 0.1) is 5.92 Å². The normalized spacial score (nSPS) is 23.5. The van der Waals surface area contributed by atoms with Gasteiger partial charge in [0, 0.05) is 12.1 Å². The SMILES string of the molecule is CCN(C(C)Cc1ccccc1OC)C1CCCC1CN. The van der Waals surface area contributed by atoms with Crippen LogP contribution in [-0.2, 0) is 6.42 Å². The summed E-state index contributed by atoms with van der Waals surface area (Å²) in [6.45, 7) is 6.52. The number of nitrogens with zero attached hydrogens (tertiary/aromatic N) is 1. The highest BCUT2D eigenvalue weighted by Gasteiger charge is 2.32. The van der Waals surface area contributed by atoms with Gasteiger partial charge in [-0.15, -0.1) is 0 Å². The van der Waals surface area contributed by atoms with Crippen LogP contribution in [0.1, 0.15) is 38.7 Å². The molecule has 0 amide bonds. The number of para-hydroxylation sites is 1. The summed E-state index contributed by atoms with van der Waals surface area (Å²) in [5, 5.41) is 0. The van der Waals surface area contributed by atoms with E-state index in [4.69, 9.17) is 10.5 Å². The Morgan fingerprint density at radius 3 is 2.76 bits per heavy atom. The van der Waals surface area contributed by atoms with Crippen LogP contribution in [0.15, 0.2) is 24.3 Å². The minimum absolute atomic E-state index is 0.517. The summed E-state index contributed by atoms with van der Waals surface area (Å²) < 4.78 is 5.49. The minimum atomic E-state index is 0.517. The molecule has 1 aromatic carbocycles. The van der Waals surface area contributed by atoms with E-state index in [1.54, 1.807) is 7.11 Å². The van der Waals surface area contributed by atoms with Gasteiger partial charge >= 0.3 is 0 Å². The van der Waals surface area contributed by atoms with Gasteiger partial charge in [-0.3, -0.25) is 4.90 Å². The van der Waals surface area contributed by atoms with Crippen molar-refractivity contribution < 1.29 is 4.74 Å². The second-order valence-corrected chi connectivity index (χ2v) is 6.19. The van der Waals surface area contributed by atoms with Gasteiger partial charge in [0.05, 0.1) is 7.11 Å². The van der Waals surface area contributed by atoms with E-state index in [9.17, 15) is 0 Å². The fourth-order valence-corrected chi connectivity index (χ4v) is 3.91. The Bertz CT molecular complexity index is 435. The maximum Gasteiger partial charge on any atom is 0.122 e. The van der Waals surface area contributed by atoms with Crippen molar-refractivity contribution >= 4 is 0 Å². The summed E-state index contributed by atoms with van der Waals surface area (Å²) in [6, 6.07) is 9.54. The molecule has 3 unspecified atom stereocenters. The van der Waals surface area contributed by atoms with Gasteiger partial charge in [-0.1, -0.05) is 31.5 Å². The molecule has 3 heteroatoms. The molecule has 0 radical (unpaired) electrons.